The number of rotatable bonds is 6. The van der Waals surface area contributed by atoms with E-state index in [0.717, 1.165) is 12.1 Å². The monoisotopic (exact) mass is 344 g/mol. The van der Waals surface area contributed by atoms with Crippen molar-refractivity contribution in [3.63, 3.8) is 0 Å². The predicted octanol–water partition coefficient (Wildman–Crippen LogP) is 1.43. The maximum Gasteiger partial charge on any atom is 0.226 e. The van der Waals surface area contributed by atoms with Crippen LogP contribution in [-0.4, -0.2) is 56.6 Å². The van der Waals surface area contributed by atoms with E-state index in [1.165, 1.54) is 0 Å². The minimum atomic E-state index is 0.00260. The van der Waals surface area contributed by atoms with Gasteiger partial charge in [-0.25, -0.2) is 9.97 Å². The number of ether oxygens (including phenoxy) is 1. The van der Waals surface area contributed by atoms with Gasteiger partial charge >= 0.3 is 0 Å². The Bertz CT molecular complexity index is 731. The molecule has 8 heteroatoms. The van der Waals surface area contributed by atoms with Crippen molar-refractivity contribution in [3.05, 3.63) is 30.5 Å². The minimum absolute atomic E-state index is 0.00260. The Kier molecular flexibility index (Phi) is 5.16. The summed E-state index contributed by atoms with van der Waals surface area (Å²) >= 11 is 0. The Hall–Kier alpha value is -2.64. The molecule has 1 aliphatic heterocycles. The van der Waals surface area contributed by atoms with Crippen LogP contribution in [0.15, 0.2) is 24.8 Å². The quantitative estimate of drug-likeness (QED) is 0.853. The van der Waals surface area contributed by atoms with Crippen LogP contribution in [0.2, 0.25) is 0 Å². The first-order chi connectivity index (χ1) is 12.1. The van der Waals surface area contributed by atoms with Gasteiger partial charge in [-0.15, -0.1) is 0 Å². The number of carbonyl (C=O) groups is 1. The summed E-state index contributed by atoms with van der Waals surface area (Å²) in [5.41, 5.74) is 0.967. The smallest absolute Gasteiger partial charge is 0.226 e. The van der Waals surface area contributed by atoms with Crippen LogP contribution in [0.5, 0.6) is 5.88 Å². The molecule has 1 aliphatic rings. The summed E-state index contributed by atoms with van der Waals surface area (Å²) in [6, 6.07) is 1.70. The Balaban J connectivity index is 1.81. The number of hydrogen-bond donors (Lipinski definition) is 1. The first-order valence-electron chi connectivity index (χ1n) is 8.50. The topological polar surface area (TPSA) is 85.2 Å². The number of carbonyl (C=O) groups excluding carboxylic acids is 1. The predicted molar refractivity (Wildman–Crippen MR) is 93.4 cm³/mol. The molecule has 0 spiro atoms. The molecule has 0 saturated carbocycles. The molecule has 0 aromatic carbocycles. The van der Waals surface area contributed by atoms with Crippen molar-refractivity contribution in [2.24, 2.45) is 7.05 Å². The molecule has 3 heterocycles. The Morgan fingerprint density at radius 2 is 2.24 bits per heavy atom. The van der Waals surface area contributed by atoms with Crippen LogP contribution >= 0.6 is 0 Å². The van der Waals surface area contributed by atoms with Gasteiger partial charge in [-0.2, -0.15) is 4.98 Å². The molecular weight excluding hydrogens is 320 g/mol. The highest BCUT2D eigenvalue weighted by molar-refractivity contribution is 5.76. The van der Waals surface area contributed by atoms with Gasteiger partial charge in [-0.3, -0.25) is 4.79 Å². The number of nitrogens with zero attached hydrogens (tertiary/aromatic N) is 5. The third-order valence-electron chi connectivity index (χ3n) is 4.39. The fourth-order valence-electron chi connectivity index (χ4n) is 3.14. The van der Waals surface area contributed by atoms with E-state index in [2.05, 4.69) is 20.3 Å². The van der Waals surface area contributed by atoms with Gasteiger partial charge in [-0.05, 0) is 6.42 Å². The molecule has 2 atom stereocenters. The zero-order chi connectivity index (χ0) is 17.8. The molecule has 134 valence electrons. The maximum absolute atomic E-state index is 12.3. The summed E-state index contributed by atoms with van der Waals surface area (Å²) < 4.78 is 7.08. The molecule has 0 radical (unpaired) electrons. The van der Waals surface area contributed by atoms with Crippen molar-refractivity contribution in [2.75, 3.05) is 25.5 Å². The highest BCUT2D eigenvalue weighted by Gasteiger charge is 2.37. The molecule has 1 saturated heterocycles. The highest BCUT2D eigenvalue weighted by atomic mass is 16.5. The van der Waals surface area contributed by atoms with Crippen LogP contribution < -0.4 is 10.1 Å². The summed E-state index contributed by atoms with van der Waals surface area (Å²) in [4.78, 5) is 27.3. The highest BCUT2D eigenvalue weighted by Crippen LogP contribution is 2.29. The number of methoxy groups -OCH3 is 1. The van der Waals surface area contributed by atoms with Crippen LogP contribution in [0.25, 0.3) is 0 Å². The van der Waals surface area contributed by atoms with Crippen LogP contribution in [0.3, 0.4) is 0 Å². The van der Waals surface area contributed by atoms with E-state index in [9.17, 15) is 4.79 Å². The van der Waals surface area contributed by atoms with Gasteiger partial charge in [0.05, 0.1) is 25.2 Å². The van der Waals surface area contributed by atoms with Crippen molar-refractivity contribution in [1.82, 2.24) is 24.4 Å². The molecule has 1 fully saturated rings. The van der Waals surface area contributed by atoms with Gasteiger partial charge < -0.3 is 19.5 Å². The van der Waals surface area contributed by atoms with E-state index in [1.807, 2.05) is 29.6 Å². The number of nitrogens with one attached hydrogen (secondary N) is 1. The molecule has 1 amide bonds. The number of aromatic nitrogens is 4. The fraction of sp³-hybridized carbons (Fsp3) is 0.529. The van der Waals surface area contributed by atoms with Gasteiger partial charge in [0.2, 0.25) is 17.7 Å². The molecular formula is C17H24N6O2. The molecule has 1 N–H and O–H groups in total. The SMILES string of the molecule is CCCC(=O)N1C[C@@H](Nc2nccc(OC)n2)[C@H](c2cn(C)cn2)C1. The summed E-state index contributed by atoms with van der Waals surface area (Å²) in [5.74, 6) is 1.27. The standard InChI is InChI=1S/C17H24N6O2/c1-4-5-16(24)23-8-12(13-9-22(2)11-19-13)14(10-23)20-17-18-7-6-15(21-17)25-3/h6-7,9,11-12,14H,4-5,8,10H2,1-3H3,(H,18,20,21)/t12-,14+/m0/s1. The average Bonchev–Trinajstić information content (AvgIpc) is 3.21. The van der Waals surface area contributed by atoms with Gasteiger partial charge in [-0.1, -0.05) is 6.92 Å². The van der Waals surface area contributed by atoms with Crippen LogP contribution in [0.1, 0.15) is 31.4 Å². The number of amides is 1. The fourth-order valence-corrected chi connectivity index (χ4v) is 3.14. The van der Waals surface area contributed by atoms with Gasteiger partial charge in [0.25, 0.3) is 0 Å². The summed E-state index contributed by atoms with van der Waals surface area (Å²) in [5, 5.41) is 3.35. The van der Waals surface area contributed by atoms with E-state index >= 15 is 0 Å². The Morgan fingerprint density at radius 1 is 1.40 bits per heavy atom. The van der Waals surface area contributed by atoms with Crippen LogP contribution in [-0.2, 0) is 11.8 Å². The van der Waals surface area contributed by atoms with E-state index in [-0.39, 0.29) is 17.9 Å². The first kappa shape index (κ1) is 17.2. The van der Waals surface area contributed by atoms with Gasteiger partial charge in [0, 0.05) is 50.9 Å². The van der Waals surface area contributed by atoms with E-state index in [4.69, 9.17) is 4.74 Å². The van der Waals surface area contributed by atoms with Crippen LogP contribution in [0, 0.1) is 0 Å². The molecule has 0 aliphatic carbocycles. The minimum Gasteiger partial charge on any atom is -0.481 e. The molecule has 0 bridgehead atoms. The van der Waals surface area contributed by atoms with Crippen molar-refractivity contribution in [3.8, 4) is 5.88 Å². The lowest BCUT2D eigenvalue weighted by Crippen LogP contribution is -2.32. The zero-order valence-electron chi connectivity index (χ0n) is 14.8. The first-order valence-corrected chi connectivity index (χ1v) is 8.50. The largest absolute Gasteiger partial charge is 0.481 e. The summed E-state index contributed by atoms with van der Waals surface area (Å²) in [7, 11) is 3.52. The Morgan fingerprint density at radius 3 is 2.92 bits per heavy atom. The molecule has 0 unspecified atom stereocenters. The van der Waals surface area contributed by atoms with E-state index < -0.39 is 0 Å². The number of aryl methyl sites for hydroxylation is 1. The van der Waals surface area contributed by atoms with Crippen molar-refractivity contribution >= 4 is 11.9 Å². The van der Waals surface area contributed by atoms with E-state index in [0.29, 0.717) is 31.3 Å². The third kappa shape index (κ3) is 3.89. The lowest BCUT2D eigenvalue weighted by Gasteiger charge is -2.18. The molecule has 3 rings (SSSR count). The summed E-state index contributed by atoms with van der Waals surface area (Å²) in [6.07, 6.45) is 6.85. The number of imidazole rings is 1. The normalized spacial score (nSPS) is 19.9. The van der Waals surface area contributed by atoms with Gasteiger partial charge in [0.1, 0.15) is 0 Å². The zero-order valence-corrected chi connectivity index (χ0v) is 14.8. The average molecular weight is 344 g/mol. The second-order valence-electron chi connectivity index (χ2n) is 6.29. The molecule has 8 nitrogen and oxygen atoms in total. The molecule has 25 heavy (non-hydrogen) atoms. The second kappa shape index (κ2) is 7.50. The van der Waals surface area contributed by atoms with Gasteiger partial charge in [0.15, 0.2) is 0 Å². The third-order valence-corrected chi connectivity index (χ3v) is 4.39. The number of hydrogen-bond acceptors (Lipinski definition) is 6. The molecule has 2 aromatic heterocycles. The van der Waals surface area contributed by atoms with Crippen molar-refractivity contribution in [1.29, 1.82) is 0 Å². The lowest BCUT2D eigenvalue weighted by molar-refractivity contribution is -0.130. The number of likely N-dealkylation sites (tertiary alicyclic amines) is 1. The summed E-state index contributed by atoms with van der Waals surface area (Å²) in [6.45, 7) is 3.28. The Labute approximate surface area is 147 Å². The maximum atomic E-state index is 12.3. The van der Waals surface area contributed by atoms with Crippen LogP contribution in [0.4, 0.5) is 5.95 Å². The van der Waals surface area contributed by atoms with Crippen molar-refractivity contribution in [2.45, 2.75) is 31.7 Å². The number of anilines is 1. The second-order valence-corrected chi connectivity index (χ2v) is 6.29. The van der Waals surface area contributed by atoms with E-state index in [1.54, 1.807) is 25.7 Å². The van der Waals surface area contributed by atoms with Crippen molar-refractivity contribution < 1.29 is 9.53 Å². The lowest BCUT2D eigenvalue weighted by atomic mass is 10.0. The molecule has 2 aromatic rings.